The molecule has 370 valence electrons. The third-order valence-electron chi connectivity index (χ3n) is 12.7. The van der Waals surface area contributed by atoms with Crippen molar-refractivity contribution >= 4 is 11.9 Å². The molecule has 0 heterocycles. The molecule has 0 saturated carbocycles. The summed E-state index contributed by atoms with van der Waals surface area (Å²) in [5.41, 5.74) is 0. The van der Waals surface area contributed by atoms with Gasteiger partial charge in [0.15, 0.2) is 0 Å². The first-order valence-corrected chi connectivity index (χ1v) is 27.8. The molecule has 0 rings (SSSR count). The molecule has 0 aromatic heterocycles. The summed E-state index contributed by atoms with van der Waals surface area (Å²) in [5, 5.41) is 23.0. The SMILES string of the molecule is CCCCCCCCCCC/C=C/C(O)C(CO)NC(=O)CCCCCCCCC/C=C\C/C=C\CCCCCOC(=O)CCCCCCCCCCCCCCCCCCCC. The predicted octanol–water partition coefficient (Wildman–Crippen LogP) is 16.9. The molecule has 2 atom stereocenters. The van der Waals surface area contributed by atoms with Gasteiger partial charge in [-0.25, -0.2) is 0 Å². The highest BCUT2D eigenvalue weighted by molar-refractivity contribution is 5.76. The van der Waals surface area contributed by atoms with E-state index in [1.165, 1.54) is 180 Å². The molecule has 0 fully saturated rings. The van der Waals surface area contributed by atoms with Crippen molar-refractivity contribution in [3.05, 3.63) is 36.5 Å². The Labute approximate surface area is 392 Å². The molecule has 6 nitrogen and oxygen atoms in total. The molecule has 0 aliphatic carbocycles. The Morgan fingerprint density at radius 1 is 0.444 bits per heavy atom. The summed E-state index contributed by atoms with van der Waals surface area (Å²) in [4.78, 5) is 24.5. The van der Waals surface area contributed by atoms with Crippen LogP contribution < -0.4 is 5.32 Å². The first-order valence-electron chi connectivity index (χ1n) is 27.8. The zero-order valence-corrected chi connectivity index (χ0v) is 42.1. The number of aliphatic hydroxyl groups excluding tert-OH is 2. The van der Waals surface area contributed by atoms with Gasteiger partial charge in [-0.15, -0.1) is 0 Å². The number of nitrogens with one attached hydrogen (secondary N) is 1. The minimum atomic E-state index is -0.853. The van der Waals surface area contributed by atoms with E-state index in [0.29, 0.717) is 19.4 Å². The minimum Gasteiger partial charge on any atom is -0.466 e. The Morgan fingerprint density at radius 3 is 1.21 bits per heavy atom. The van der Waals surface area contributed by atoms with Crippen LogP contribution in [0.3, 0.4) is 0 Å². The fourth-order valence-corrected chi connectivity index (χ4v) is 8.37. The number of ether oxygens (including phenoxy) is 1. The molecule has 0 aliphatic heterocycles. The van der Waals surface area contributed by atoms with Crippen LogP contribution in [0.25, 0.3) is 0 Å². The number of hydrogen-bond acceptors (Lipinski definition) is 5. The van der Waals surface area contributed by atoms with Gasteiger partial charge in [-0.1, -0.05) is 243 Å². The van der Waals surface area contributed by atoms with Gasteiger partial charge in [0.2, 0.25) is 5.91 Å². The lowest BCUT2D eigenvalue weighted by Gasteiger charge is -2.20. The summed E-state index contributed by atoms with van der Waals surface area (Å²) in [6.07, 6.45) is 64.5. The fraction of sp³-hybridized carbons (Fsp3) is 0.860. The molecule has 0 aromatic rings. The van der Waals surface area contributed by atoms with E-state index in [9.17, 15) is 19.8 Å². The Balaban J connectivity index is 3.48. The molecule has 0 spiro atoms. The van der Waals surface area contributed by atoms with Gasteiger partial charge in [0.25, 0.3) is 0 Å². The number of allylic oxidation sites excluding steroid dienone is 5. The topological polar surface area (TPSA) is 95.9 Å². The Kier molecular flexibility index (Phi) is 51.1. The molecule has 0 radical (unpaired) electrons. The summed E-state index contributed by atoms with van der Waals surface area (Å²) < 4.78 is 5.46. The molecule has 1 amide bonds. The van der Waals surface area contributed by atoms with Gasteiger partial charge in [0.1, 0.15) is 0 Å². The van der Waals surface area contributed by atoms with Crippen LogP contribution in [0.4, 0.5) is 0 Å². The van der Waals surface area contributed by atoms with E-state index < -0.39 is 12.1 Å². The Morgan fingerprint density at radius 2 is 0.794 bits per heavy atom. The summed E-state index contributed by atoms with van der Waals surface area (Å²) in [5.74, 6) is -0.0983. The number of amides is 1. The van der Waals surface area contributed by atoms with Gasteiger partial charge in [0, 0.05) is 12.8 Å². The Hall–Kier alpha value is -1.92. The molecule has 6 heteroatoms. The average Bonchev–Trinajstić information content (AvgIpc) is 3.28. The molecule has 2 unspecified atom stereocenters. The predicted molar refractivity (Wildman–Crippen MR) is 273 cm³/mol. The van der Waals surface area contributed by atoms with Crippen LogP contribution in [-0.4, -0.2) is 47.4 Å². The zero-order chi connectivity index (χ0) is 45.8. The largest absolute Gasteiger partial charge is 0.466 e. The van der Waals surface area contributed by atoms with E-state index in [2.05, 4.69) is 43.5 Å². The van der Waals surface area contributed by atoms with E-state index in [4.69, 9.17) is 4.74 Å². The number of aliphatic hydroxyl groups is 2. The maximum Gasteiger partial charge on any atom is 0.305 e. The molecule has 63 heavy (non-hydrogen) atoms. The van der Waals surface area contributed by atoms with E-state index in [1.54, 1.807) is 6.08 Å². The van der Waals surface area contributed by atoms with Gasteiger partial charge in [-0.2, -0.15) is 0 Å². The van der Waals surface area contributed by atoms with Crippen LogP contribution in [0.2, 0.25) is 0 Å². The number of rotatable bonds is 51. The first kappa shape index (κ1) is 61.1. The lowest BCUT2D eigenvalue weighted by Crippen LogP contribution is -2.45. The molecule has 0 aromatic carbocycles. The van der Waals surface area contributed by atoms with Gasteiger partial charge in [-0.3, -0.25) is 9.59 Å². The van der Waals surface area contributed by atoms with Crippen molar-refractivity contribution in [2.24, 2.45) is 0 Å². The lowest BCUT2D eigenvalue weighted by molar-refractivity contribution is -0.143. The van der Waals surface area contributed by atoms with Crippen molar-refractivity contribution in [3.8, 4) is 0 Å². The zero-order valence-electron chi connectivity index (χ0n) is 42.1. The minimum absolute atomic E-state index is 0.0126. The van der Waals surface area contributed by atoms with Crippen molar-refractivity contribution in [3.63, 3.8) is 0 Å². The van der Waals surface area contributed by atoms with Crippen LogP contribution in [-0.2, 0) is 14.3 Å². The van der Waals surface area contributed by atoms with Crippen molar-refractivity contribution in [2.45, 2.75) is 302 Å². The Bertz CT molecular complexity index is 1020. The highest BCUT2D eigenvalue weighted by atomic mass is 16.5. The second-order valence-corrected chi connectivity index (χ2v) is 18.9. The van der Waals surface area contributed by atoms with E-state index in [0.717, 1.165) is 83.5 Å². The molecular weight excluding hydrogens is 779 g/mol. The maximum absolute atomic E-state index is 12.4. The molecule has 3 N–H and O–H groups in total. The highest BCUT2D eigenvalue weighted by Crippen LogP contribution is 2.16. The van der Waals surface area contributed by atoms with Crippen LogP contribution in [0.5, 0.6) is 0 Å². The number of carbonyl (C=O) groups excluding carboxylic acids is 2. The smallest absolute Gasteiger partial charge is 0.305 e. The third kappa shape index (κ3) is 49.4. The van der Waals surface area contributed by atoms with Crippen LogP contribution >= 0.6 is 0 Å². The molecule has 0 bridgehead atoms. The second kappa shape index (κ2) is 52.7. The molecule has 0 saturated heterocycles. The van der Waals surface area contributed by atoms with Crippen molar-refractivity contribution in [1.82, 2.24) is 5.32 Å². The number of carbonyl (C=O) groups is 2. The van der Waals surface area contributed by atoms with E-state index >= 15 is 0 Å². The van der Waals surface area contributed by atoms with Crippen molar-refractivity contribution in [2.75, 3.05) is 13.2 Å². The summed E-state index contributed by atoms with van der Waals surface area (Å²) in [6, 6.07) is -0.638. The van der Waals surface area contributed by atoms with Crippen LogP contribution in [0.1, 0.15) is 290 Å². The molecular formula is C57H107NO5. The fourth-order valence-electron chi connectivity index (χ4n) is 8.37. The third-order valence-corrected chi connectivity index (χ3v) is 12.7. The number of esters is 1. The summed E-state index contributed by atoms with van der Waals surface area (Å²) in [7, 11) is 0. The van der Waals surface area contributed by atoms with Gasteiger partial charge in [-0.05, 0) is 70.6 Å². The summed E-state index contributed by atoms with van der Waals surface area (Å²) in [6.45, 7) is 4.85. The highest BCUT2D eigenvalue weighted by Gasteiger charge is 2.18. The van der Waals surface area contributed by atoms with Crippen molar-refractivity contribution in [1.29, 1.82) is 0 Å². The first-order chi connectivity index (χ1) is 31.0. The lowest BCUT2D eigenvalue weighted by atomic mass is 10.0. The quantitative estimate of drug-likeness (QED) is 0.0321. The van der Waals surface area contributed by atoms with E-state index in [1.807, 2.05) is 6.08 Å². The van der Waals surface area contributed by atoms with Crippen molar-refractivity contribution < 1.29 is 24.5 Å². The average molecular weight is 886 g/mol. The van der Waals surface area contributed by atoms with Gasteiger partial charge < -0.3 is 20.3 Å². The van der Waals surface area contributed by atoms with Crippen LogP contribution in [0.15, 0.2) is 36.5 Å². The second-order valence-electron chi connectivity index (χ2n) is 18.9. The number of unbranched alkanes of at least 4 members (excludes halogenated alkanes) is 36. The van der Waals surface area contributed by atoms with Crippen LogP contribution in [0, 0.1) is 0 Å². The molecule has 0 aliphatic rings. The summed E-state index contributed by atoms with van der Waals surface area (Å²) >= 11 is 0. The standard InChI is InChI=1S/C57H107NO5/c1-3-5-7-9-11-13-15-16-17-18-21-24-27-31-35-39-43-47-51-57(62)63-52-48-44-40-36-32-28-25-22-19-20-23-26-30-34-38-42-46-50-56(61)58-54(53-59)55(60)49-45-41-37-33-29-14-12-10-8-6-4-2/h19,22,28,32,45,49,54-55,59-60H,3-18,20-21,23-27,29-31,33-44,46-48,50-53H2,1-2H3,(H,58,61)/b22-19-,32-28-,49-45+. The monoisotopic (exact) mass is 886 g/mol. The van der Waals surface area contributed by atoms with E-state index in [-0.39, 0.29) is 18.5 Å². The maximum atomic E-state index is 12.4. The van der Waals surface area contributed by atoms with Gasteiger partial charge in [0.05, 0.1) is 25.4 Å². The van der Waals surface area contributed by atoms with Gasteiger partial charge >= 0.3 is 5.97 Å². The number of hydrogen-bond donors (Lipinski definition) is 3. The normalized spacial score (nSPS) is 12.9.